The van der Waals surface area contributed by atoms with Crippen LogP contribution in [-0.2, 0) is 14.9 Å². The number of thioether (sulfide) groups is 1. The predicted molar refractivity (Wildman–Crippen MR) is 81.2 cm³/mol. The highest BCUT2D eigenvalue weighted by Gasteiger charge is 2.48. The monoisotopic (exact) mass is 320 g/mol. The number of carbonyl (C=O) groups excluding carboxylic acids is 1. The molecule has 2 bridgehead atoms. The van der Waals surface area contributed by atoms with Crippen LogP contribution >= 0.6 is 11.8 Å². The average molecular weight is 320 g/mol. The van der Waals surface area contributed by atoms with Crippen LogP contribution in [0, 0.1) is 23.2 Å². The molecular formula is C14H24O4S2. The fourth-order valence-corrected chi connectivity index (χ4v) is 6.01. The number of fused-ring (bicyclic) bond motifs is 2. The molecule has 2 aliphatic rings. The Morgan fingerprint density at radius 1 is 1.35 bits per heavy atom. The summed E-state index contributed by atoms with van der Waals surface area (Å²) >= 11 is 1.07. The second-order valence-corrected chi connectivity index (χ2v) is 9.30. The molecule has 2 aliphatic carbocycles. The van der Waals surface area contributed by atoms with Crippen LogP contribution in [0.4, 0.5) is 0 Å². The van der Waals surface area contributed by atoms with E-state index in [0.717, 1.165) is 30.5 Å². The van der Waals surface area contributed by atoms with Gasteiger partial charge in [0, 0.05) is 11.2 Å². The number of carbonyl (C=O) groups is 1. The minimum Gasteiger partial charge on any atom is -0.287 e. The summed E-state index contributed by atoms with van der Waals surface area (Å²) in [5, 5.41) is 0.104. The molecular weight excluding hydrogens is 296 g/mol. The van der Waals surface area contributed by atoms with E-state index in [1.54, 1.807) is 0 Å². The van der Waals surface area contributed by atoms with Crippen molar-refractivity contribution in [3.8, 4) is 0 Å². The van der Waals surface area contributed by atoms with Gasteiger partial charge in [-0.15, -0.1) is 0 Å². The number of hydrogen-bond acceptors (Lipinski definition) is 4. The first-order valence-electron chi connectivity index (χ1n) is 7.36. The molecule has 4 nitrogen and oxygen atoms in total. The standard InChI is InChI=1S/C14H24O4S2/c1-3-11-6-10-7-12(11)9-14(2,8-10)13(15)19-4-5-20(16,17)18/h10-12H,3-9H2,1-2H3,(H,16,17,18). The summed E-state index contributed by atoms with van der Waals surface area (Å²) in [6, 6.07) is 0. The van der Waals surface area contributed by atoms with Crippen LogP contribution in [0.2, 0.25) is 0 Å². The van der Waals surface area contributed by atoms with Gasteiger partial charge in [0.1, 0.15) is 0 Å². The van der Waals surface area contributed by atoms with Gasteiger partial charge in [-0.1, -0.05) is 32.0 Å². The van der Waals surface area contributed by atoms with E-state index in [4.69, 9.17) is 4.55 Å². The zero-order chi connectivity index (χ0) is 15.0. The average Bonchev–Trinajstić information content (AvgIpc) is 2.62. The van der Waals surface area contributed by atoms with Crippen molar-refractivity contribution < 1.29 is 17.8 Å². The van der Waals surface area contributed by atoms with Crippen LogP contribution in [0.25, 0.3) is 0 Å². The van der Waals surface area contributed by atoms with Gasteiger partial charge >= 0.3 is 0 Å². The largest absolute Gasteiger partial charge is 0.287 e. The van der Waals surface area contributed by atoms with E-state index >= 15 is 0 Å². The first kappa shape index (κ1) is 16.3. The lowest BCUT2D eigenvalue weighted by molar-refractivity contribution is -0.121. The van der Waals surface area contributed by atoms with Crippen molar-refractivity contribution in [3.05, 3.63) is 0 Å². The Bertz CT molecular complexity index is 474. The Labute approximate surface area is 125 Å². The van der Waals surface area contributed by atoms with E-state index in [1.807, 2.05) is 6.92 Å². The Morgan fingerprint density at radius 3 is 2.65 bits per heavy atom. The molecule has 2 rings (SSSR count). The minimum atomic E-state index is -3.97. The quantitative estimate of drug-likeness (QED) is 0.789. The normalized spacial score (nSPS) is 37.0. The van der Waals surface area contributed by atoms with Crippen LogP contribution in [0.15, 0.2) is 0 Å². The zero-order valence-corrected chi connectivity index (χ0v) is 13.8. The van der Waals surface area contributed by atoms with Crippen molar-refractivity contribution in [2.75, 3.05) is 11.5 Å². The predicted octanol–water partition coefficient (Wildman–Crippen LogP) is 2.99. The molecule has 0 aromatic heterocycles. The molecule has 0 spiro atoms. The zero-order valence-electron chi connectivity index (χ0n) is 12.2. The van der Waals surface area contributed by atoms with Gasteiger partial charge in [0.2, 0.25) is 0 Å². The molecule has 0 aliphatic heterocycles. The molecule has 0 radical (unpaired) electrons. The molecule has 0 saturated heterocycles. The fourth-order valence-electron chi connectivity index (χ4n) is 4.13. The van der Waals surface area contributed by atoms with Gasteiger partial charge in [0.25, 0.3) is 10.1 Å². The molecule has 6 heteroatoms. The summed E-state index contributed by atoms with van der Waals surface area (Å²) in [6.07, 6.45) is 5.59. The van der Waals surface area contributed by atoms with Crippen LogP contribution in [0.5, 0.6) is 0 Å². The molecule has 1 N–H and O–H groups in total. The number of hydrogen-bond donors (Lipinski definition) is 1. The van der Waals surface area contributed by atoms with E-state index in [2.05, 4.69) is 6.92 Å². The fraction of sp³-hybridized carbons (Fsp3) is 0.929. The van der Waals surface area contributed by atoms with Crippen LogP contribution < -0.4 is 0 Å². The van der Waals surface area contributed by atoms with Gasteiger partial charge in [-0.25, -0.2) is 0 Å². The maximum absolute atomic E-state index is 12.4. The lowest BCUT2D eigenvalue weighted by atomic mass is 9.70. The molecule has 2 fully saturated rings. The van der Waals surface area contributed by atoms with Gasteiger partial charge in [-0.3, -0.25) is 9.35 Å². The molecule has 4 atom stereocenters. The molecule has 116 valence electrons. The Balaban J connectivity index is 1.93. The van der Waals surface area contributed by atoms with E-state index in [1.165, 1.54) is 19.3 Å². The SMILES string of the molecule is CCC1CC2CC1CC(C)(C(=O)SCCS(=O)(=O)O)C2. The second kappa shape index (κ2) is 5.97. The van der Waals surface area contributed by atoms with Gasteiger partial charge in [-0.05, 0) is 43.4 Å². The molecule has 0 aromatic carbocycles. The highest BCUT2D eigenvalue weighted by Crippen LogP contribution is 2.55. The molecule has 20 heavy (non-hydrogen) atoms. The maximum Gasteiger partial charge on any atom is 0.265 e. The van der Waals surface area contributed by atoms with Crippen molar-refractivity contribution in [2.24, 2.45) is 23.2 Å². The molecule has 0 aromatic rings. The topological polar surface area (TPSA) is 71.4 Å². The summed E-state index contributed by atoms with van der Waals surface area (Å²) < 4.78 is 30.1. The smallest absolute Gasteiger partial charge is 0.265 e. The number of rotatable bonds is 5. The van der Waals surface area contributed by atoms with Crippen LogP contribution in [0.3, 0.4) is 0 Å². The lowest BCUT2D eigenvalue weighted by Gasteiger charge is -2.36. The van der Waals surface area contributed by atoms with Gasteiger partial charge < -0.3 is 0 Å². The first-order chi connectivity index (χ1) is 9.23. The second-order valence-electron chi connectivity index (χ2n) is 6.66. The van der Waals surface area contributed by atoms with Crippen molar-refractivity contribution >= 4 is 27.0 Å². The molecule has 0 heterocycles. The summed E-state index contributed by atoms with van der Waals surface area (Å²) in [6.45, 7) is 4.26. The Hall–Kier alpha value is -0.0700. The van der Waals surface area contributed by atoms with E-state index in [-0.39, 0.29) is 22.0 Å². The summed E-state index contributed by atoms with van der Waals surface area (Å²) in [7, 11) is -3.97. The van der Waals surface area contributed by atoms with E-state index in [0.29, 0.717) is 11.8 Å². The van der Waals surface area contributed by atoms with Gasteiger partial charge in [-0.2, -0.15) is 8.42 Å². The minimum absolute atomic E-state index is 0.104. The van der Waals surface area contributed by atoms with Crippen molar-refractivity contribution in [3.63, 3.8) is 0 Å². The summed E-state index contributed by atoms with van der Waals surface area (Å²) in [5.74, 6) is 1.89. The summed E-state index contributed by atoms with van der Waals surface area (Å²) in [4.78, 5) is 12.4. The van der Waals surface area contributed by atoms with Crippen molar-refractivity contribution in [1.29, 1.82) is 0 Å². The molecule has 0 amide bonds. The van der Waals surface area contributed by atoms with Crippen LogP contribution in [-0.4, -0.2) is 29.6 Å². The third kappa shape index (κ3) is 3.77. The van der Waals surface area contributed by atoms with Gasteiger partial charge in [0.05, 0.1) is 5.75 Å². The summed E-state index contributed by atoms with van der Waals surface area (Å²) in [5.41, 5.74) is -0.304. The lowest BCUT2D eigenvalue weighted by Crippen LogP contribution is -2.34. The third-order valence-corrected chi connectivity index (χ3v) is 7.12. The molecule has 4 unspecified atom stereocenters. The van der Waals surface area contributed by atoms with Crippen molar-refractivity contribution in [1.82, 2.24) is 0 Å². The molecule has 2 saturated carbocycles. The maximum atomic E-state index is 12.4. The van der Waals surface area contributed by atoms with Crippen LogP contribution in [0.1, 0.15) is 46.0 Å². The van der Waals surface area contributed by atoms with E-state index in [9.17, 15) is 13.2 Å². The van der Waals surface area contributed by atoms with Gasteiger partial charge in [0.15, 0.2) is 5.12 Å². The third-order valence-electron chi connectivity index (χ3n) is 4.98. The highest BCUT2D eigenvalue weighted by atomic mass is 32.2. The van der Waals surface area contributed by atoms with E-state index < -0.39 is 10.1 Å². The first-order valence-corrected chi connectivity index (χ1v) is 9.95. The Morgan fingerprint density at radius 2 is 2.05 bits per heavy atom. The highest BCUT2D eigenvalue weighted by molar-refractivity contribution is 8.14. The van der Waals surface area contributed by atoms with Crippen molar-refractivity contribution in [2.45, 2.75) is 46.0 Å². The Kier molecular flexibility index (Phi) is 4.87.